The van der Waals surface area contributed by atoms with E-state index in [1.54, 1.807) is 6.07 Å². The Morgan fingerprint density at radius 2 is 1.69 bits per heavy atom. The number of aliphatic carboxylic acids is 1. The quantitative estimate of drug-likeness (QED) is 0.729. The molecular formula is C20H21Cl2NO3. The Hall–Kier alpha value is -2.04. The number of halogens is 2. The van der Waals surface area contributed by atoms with Gasteiger partial charge in [-0.15, -0.1) is 0 Å². The Morgan fingerprint density at radius 3 is 2.19 bits per heavy atom. The predicted molar refractivity (Wildman–Crippen MR) is 104 cm³/mol. The minimum Gasteiger partial charge on any atom is -0.481 e. The van der Waals surface area contributed by atoms with E-state index in [9.17, 15) is 14.7 Å². The van der Waals surface area contributed by atoms with E-state index in [0.29, 0.717) is 5.02 Å². The number of rotatable bonds is 5. The highest BCUT2D eigenvalue weighted by Crippen LogP contribution is 2.26. The van der Waals surface area contributed by atoms with Crippen LogP contribution in [0.2, 0.25) is 10.0 Å². The Labute approximate surface area is 163 Å². The summed E-state index contributed by atoms with van der Waals surface area (Å²) in [6, 6.07) is 11.5. The minimum absolute atomic E-state index is 0.0130. The SMILES string of the molecule is CC(C)(C)c1ccc(C(CC(=O)O)NC(=O)c2ccc(Cl)cc2Cl)cc1. The largest absolute Gasteiger partial charge is 0.481 e. The van der Waals surface area contributed by atoms with Crippen molar-refractivity contribution in [3.8, 4) is 0 Å². The van der Waals surface area contributed by atoms with Crippen molar-refractivity contribution in [1.82, 2.24) is 5.32 Å². The van der Waals surface area contributed by atoms with Gasteiger partial charge in [-0.2, -0.15) is 0 Å². The highest BCUT2D eigenvalue weighted by Gasteiger charge is 2.21. The molecule has 0 aromatic heterocycles. The van der Waals surface area contributed by atoms with Crippen molar-refractivity contribution in [3.63, 3.8) is 0 Å². The first-order valence-electron chi connectivity index (χ1n) is 8.16. The van der Waals surface area contributed by atoms with Crippen LogP contribution in [0.1, 0.15) is 54.7 Å². The number of amides is 1. The molecule has 0 saturated carbocycles. The maximum atomic E-state index is 12.5. The average molecular weight is 394 g/mol. The molecule has 0 aliphatic heterocycles. The maximum absolute atomic E-state index is 12.5. The van der Waals surface area contributed by atoms with Crippen LogP contribution in [0.15, 0.2) is 42.5 Å². The molecule has 26 heavy (non-hydrogen) atoms. The summed E-state index contributed by atoms with van der Waals surface area (Å²) in [6.45, 7) is 6.29. The molecule has 138 valence electrons. The van der Waals surface area contributed by atoms with Crippen molar-refractivity contribution >= 4 is 35.1 Å². The molecular weight excluding hydrogens is 373 g/mol. The van der Waals surface area contributed by atoms with Crippen molar-refractivity contribution in [2.75, 3.05) is 0 Å². The van der Waals surface area contributed by atoms with Gasteiger partial charge < -0.3 is 10.4 Å². The molecule has 0 heterocycles. The van der Waals surface area contributed by atoms with Gasteiger partial charge >= 0.3 is 5.97 Å². The Morgan fingerprint density at radius 1 is 1.08 bits per heavy atom. The lowest BCUT2D eigenvalue weighted by atomic mass is 9.86. The van der Waals surface area contributed by atoms with Gasteiger partial charge in [-0.1, -0.05) is 68.2 Å². The van der Waals surface area contributed by atoms with Crippen molar-refractivity contribution in [2.45, 2.75) is 38.6 Å². The van der Waals surface area contributed by atoms with E-state index in [0.717, 1.165) is 11.1 Å². The van der Waals surface area contributed by atoms with E-state index >= 15 is 0 Å². The van der Waals surface area contributed by atoms with Gasteiger partial charge in [0.1, 0.15) is 0 Å². The monoisotopic (exact) mass is 393 g/mol. The van der Waals surface area contributed by atoms with E-state index in [4.69, 9.17) is 23.2 Å². The number of nitrogens with one attached hydrogen (secondary N) is 1. The normalized spacial score (nSPS) is 12.5. The molecule has 4 nitrogen and oxygen atoms in total. The molecule has 6 heteroatoms. The topological polar surface area (TPSA) is 66.4 Å². The lowest BCUT2D eigenvalue weighted by molar-refractivity contribution is -0.137. The number of carbonyl (C=O) groups excluding carboxylic acids is 1. The van der Waals surface area contributed by atoms with Gasteiger partial charge in [0.2, 0.25) is 0 Å². The molecule has 2 aromatic carbocycles. The molecule has 2 rings (SSSR count). The summed E-state index contributed by atoms with van der Waals surface area (Å²) >= 11 is 11.9. The maximum Gasteiger partial charge on any atom is 0.305 e. The number of hydrogen-bond donors (Lipinski definition) is 2. The third kappa shape index (κ3) is 5.23. The van der Waals surface area contributed by atoms with Crippen LogP contribution >= 0.6 is 23.2 Å². The molecule has 1 atom stereocenters. The van der Waals surface area contributed by atoms with Crippen molar-refractivity contribution in [1.29, 1.82) is 0 Å². The summed E-state index contributed by atoms with van der Waals surface area (Å²) in [7, 11) is 0. The summed E-state index contributed by atoms with van der Waals surface area (Å²) in [5.41, 5.74) is 2.08. The molecule has 2 aromatic rings. The molecule has 2 N–H and O–H groups in total. The van der Waals surface area contributed by atoms with Crippen LogP contribution in [-0.2, 0) is 10.2 Å². The van der Waals surface area contributed by atoms with Crippen LogP contribution in [0.25, 0.3) is 0 Å². The third-order valence-corrected chi connectivity index (χ3v) is 4.59. The minimum atomic E-state index is -1.00. The van der Waals surface area contributed by atoms with E-state index in [1.807, 2.05) is 24.3 Å². The first kappa shape index (κ1) is 20.3. The van der Waals surface area contributed by atoms with Gasteiger partial charge in [-0.05, 0) is 34.7 Å². The van der Waals surface area contributed by atoms with Gasteiger partial charge in [-0.25, -0.2) is 0 Å². The van der Waals surface area contributed by atoms with Gasteiger partial charge in [0, 0.05) is 5.02 Å². The summed E-state index contributed by atoms with van der Waals surface area (Å²) in [6.07, 6.45) is -0.230. The van der Waals surface area contributed by atoms with Crippen LogP contribution < -0.4 is 5.32 Å². The standard InChI is InChI=1S/C20H21Cl2NO3/c1-20(2,3)13-6-4-12(5-7-13)17(11-18(24)25)23-19(26)15-9-8-14(21)10-16(15)22/h4-10,17H,11H2,1-3H3,(H,23,26)(H,24,25). The molecule has 0 fully saturated rings. The molecule has 1 amide bonds. The van der Waals surface area contributed by atoms with E-state index in [1.165, 1.54) is 12.1 Å². The molecule has 0 aliphatic carbocycles. The van der Waals surface area contributed by atoms with E-state index in [2.05, 4.69) is 26.1 Å². The van der Waals surface area contributed by atoms with Crippen molar-refractivity contribution < 1.29 is 14.7 Å². The zero-order chi connectivity index (χ0) is 19.5. The van der Waals surface area contributed by atoms with Crippen LogP contribution in [0, 0.1) is 0 Å². The fraction of sp³-hybridized carbons (Fsp3) is 0.300. The zero-order valence-electron chi connectivity index (χ0n) is 14.8. The van der Waals surface area contributed by atoms with Crippen LogP contribution in [-0.4, -0.2) is 17.0 Å². The molecule has 0 radical (unpaired) electrons. The number of carboxylic acid groups (broad SMARTS) is 1. The number of benzene rings is 2. The molecule has 0 saturated heterocycles. The molecule has 0 spiro atoms. The summed E-state index contributed by atoms with van der Waals surface area (Å²) in [5, 5.41) is 12.6. The first-order chi connectivity index (χ1) is 12.1. The smallest absolute Gasteiger partial charge is 0.305 e. The first-order valence-corrected chi connectivity index (χ1v) is 8.91. The van der Waals surface area contributed by atoms with Gasteiger partial charge in [0.15, 0.2) is 0 Å². The van der Waals surface area contributed by atoms with Gasteiger partial charge in [-0.3, -0.25) is 9.59 Å². The lowest BCUT2D eigenvalue weighted by Gasteiger charge is -2.22. The summed E-state index contributed by atoms with van der Waals surface area (Å²) in [5.74, 6) is -1.45. The Balaban J connectivity index is 2.27. The summed E-state index contributed by atoms with van der Waals surface area (Å²) < 4.78 is 0. The van der Waals surface area contributed by atoms with Crippen LogP contribution in [0.4, 0.5) is 0 Å². The van der Waals surface area contributed by atoms with Crippen LogP contribution in [0.3, 0.4) is 0 Å². The highest BCUT2D eigenvalue weighted by molar-refractivity contribution is 6.36. The lowest BCUT2D eigenvalue weighted by Crippen LogP contribution is -2.30. The fourth-order valence-electron chi connectivity index (χ4n) is 2.55. The predicted octanol–water partition coefficient (Wildman–Crippen LogP) is 5.24. The van der Waals surface area contributed by atoms with Gasteiger partial charge in [0.05, 0.1) is 23.0 Å². The number of carbonyl (C=O) groups is 2. The summed E-state index contributed by atoms with van der Waals surface area (Å²) in [4.78, 5) is 23.8. The highest BCUT2D eigenvalue weighted by atomic mass is 35.5. The van der Waals surface area contributed by atoms with Crippen molar-refractivity contribution in [2.24, 2.45) is 0 Å². The number of hydrogen-bond acceptors (Lipinski definition) is 2. The second kappa shape index (κ2) is 8.11. The number of carboxylic acids is 1. The molecule has 0 aliphatic rings. The third-order valence-electron chi connectivity index (χ3n) is 4.04. The zero-order valence-corrected chi connectivity index (χ0v) is 16.4. The van der Waals surface area contributed by atoms with Gasteiger partial charge in [0.25, 0.3) is 5.91 Å². The van der Waals surface area contributed by atoms with E-state index < -0.39 is 17.9 Å². The Kier molecular flexibility index (Phi) is 6.32. The van der Waals surface area contributed by atoms with E-state index in [-0.39, 0.29) is 22.4 Å². The Bertz CT molecular complexity index is 811. The average Bonchev–Trinajstić information content (AvgIpc) is 2.53. The van der Waals surface area contributed by atoms with Crippen molar-refractivity contribution in [3.05, 3.63) is 69.2 Å². The molecule has 1 unspecified atom stereocenters. The fourth-order valence-corrected chi connectivity index (χ4v) is 3.05. The second-order valence-electron chi connectivity index (χ2n) is 7.12. The van der Waals surface area contributed by atoms with Crippen LogP contribution in [0.5, 0.6) is 0 Å². The molecule has 0 bridgehead atoms. The second-order valence-corrected chi connectivity index (χ2v) is 7.96.